The first-order valence-corrected chi connectivity index (χ1v) is 5.67. The van der Waals surface area contributed by atoms with Gasteiger partial charge in [0.1, 0.15) is 6.10 Å². The lowest BCUT2D eigenvalue weighted by Crippen LogP contribution is -2.24. The van der Waals surface area contributed by atoms with Crippen molar-refractivity contribution in [1.82, 2.24) is 4.98 Å². The van der Waals surface area contributed by atoms with Gasteiger partial charge in [0, 0.05) is 17.3 Å². The number of aryl methyl sites for hydroxylation is 1. The number of ether oxygens (including phenoxy) is 1. The van der Waals surface area contributed by atoms with E-state index in [1.165, 1.54) is 12.1 Å². The summed E-state index contributed by atoms with van der Waals surface area (Å²) in [5, 5.41) is 19.6. The van der Waals surface area contributed by atoms with Crippen LogP contribution in [0.25, 0.3) is 0 Å². The molecule has 0 amide bonds. The zero-order valence-corrected chi connectivity index (χ0v) is 10.3. The molecule has 1 aromatic rings. The van der Waals surface area contributed by atoms with E-state index < -0.39 is 18.2 Å². The number of rotatable bonds is 5. The first kappa shape index (κ1) is 14.4. The number of H-pyrrole nitrogens is 1. The summed E-state index contributed by atoms with van der Waals surface area (Å²) >= 11 is 0. The first-order valence-electron chi connectivity index (χ1n) is 5.67. The fourth-order valence-electron chi connectivity index (χ4n) is 1.62. The van der Waals surface area contributed by atoms with Gasteiger partial charge in [-0.1, -0.05) is 0 Å². The van der Waals surface area contributed by atoms with Crippen molar-refractivity contribution in [2.24, 2.45) is 0 Å². The number of aliphatic hydroxyl groups is 2. The van der Waals surface area contributed by atoms with Crippen LogP contribution in [0.1, 0.15) is 30.7 Å². The number of carbonyl (C=O) groups excluding carboxylic acids is 1. The van der Waals surface area contributed by atoms with Crippen molar-refractivity contribution >= 4 is 5.97 Å². The minimum Gasteiger partial charge on any atom is -0.466 e. The van der Waals surface area contributed by atoms with Crippen LogP contribution in [-0.4, -0.2) is 33.9 Å². The summed E-state index contributed by atoms with van der Waals surface area (Å²) < 4.78 is 4.68. The van der Waals surface area contributed by atoms with Crippen LogP contribution >= 0.6 is 0 Å². The zero-order valence-electron chi connectivity index (χ0n) is 10.3. The Balaban J connectivity index is 2.76. The zero-order chi connectivity index (χ0) is 13.7. The molecule has 0 radical (unpaired) electrons. The lowest BCUT2D eigenvalue weighted by atomic mass is 10.0. The lowest BCUT2D eigenvalue weighted by molar-refractivity contribution is -0.147. The van der Waals surface area contributed by atoms with Gasteiger partial charge in [0.2, 0.25) is 5.56 Å². The highest BCUT2D eigenvalue weighted by molar-refractivity contribution is 5.70. The molecule has 0 aliphatic carbocycles. The molecule has 0 aliphatic rings. The van der Waals surface area contributed by atoms with Crippen molar-refractivity contribution in [3.8, 4) is 0 Å². The number of hydrogen-bond acceptors (Lipinski definition) is 5. The number of aromatic amines is 1. The largest absolute Gasteiger partial charge is 0.466 e. The normalized spacial score (nSPS) is 14.0. The van der Waals surface area contributed by atoms with Gasteiger partial charge in [-0.15, -0.1) is 0 Å². The molecule has 1 aromatic heterocycles. The third-order valence-electron chi connectivity index (χ3n) is 2.52. The van der Waals surface area contributed by atoms with Crippen molar-refractivity contribution in [1.29, 1.82) is 0 Å². The molecule has 3 N–H and O–H groups in total. The summed E-state index contributed by atoms with van der Waals surface area (Å²) in [6.07, 6.45) is -2.81. The molecule has 6 heteroatoms. The number of nitrogens with one attached hydrogen (secondary N) is 1. The molecule has 1 rings (SSSR count). The molecule has 100 valence electrons. The Labute approximate surface area is 104 Å². The van der Waals surface area contributed by atoms with Gasteiger partial charge < -0.3 is 19.9 Å². The molecule has 0 aliphatic heterocycles. The van der Waals surface area contributed by atoms with Gasteiger partial charge >= 0.3 is 5.97 Å². The van der Waals surface area contributed by atoms with Crippen LogP contribution in [0.3, 0.4) is 0 Å². The van der Waals surface area contributed by atoms with E-state index in [0.717, 1.165) is 0 Å². The fourth-order valence-corrected chi connectivity index (χ4v) is 1.62. The van der Waals surface area contributed by atoms with Gasteiger partial charge in [-0.2, -0.15) is 0 Å². The highest BCUT2D eigenvalue weighted by atomic mass is 16.5. The Morgan fingerprint density at radius 2 is 2.11 bits per heavy atom. The highest BCUT2D eigenvalue weighted by Gasteiger charge is 2.23. The van der Waals surface area contributed by atoms with E-state index in [1.54, 1.807) is 13.8 Å². The van der Waals surface area contributed by atoms with Gasteiger partial charge in [0.25, 0.3) is 0 Å². The van der Waals surface area contributed by atoms with E-state index in [-0.39, 0.29) is 18.6 Å². The molecule has 1 heterocycles. The standard InChI is InChI=1S/C12H17NO5/c1-3-18-11(16)6-9(14)12(17)8-4-5-10(15)13-7(8)2/h4-5,9,12,14,17H,3,6H2,1-2H3,(H,13,15). The molecule has 0 aromatic carbocycles. The third kappa shape index (κ3) is 3.68. The third-order valence-corrected chi connectivity index (χ3v) is 2.52. The average Bonchev–Trinajstić information content (AvgIpc) is 2.28. The molecule has 2 atom stereocenters. The summed E-state index contributed by atoms with van der Waals surface area (Å²) in [6, 6.07) is 2.68. The summed E-state index contributed by atoms with van der Waals surface area (Å²) in [5.74, 6) is -0.578. The topological polar surface area (TPSA) is 99.6 Å². The average molecular weight is 255 g/mol. The predicted molar refractivity (Wildman–Crippen MR) is 64.0 cm³/mol. The smallest absolute Gasteiger partial charge is 0.308 e. The van der Waals surface area contributed by atoms with Crippen LogP contribution in [0.5, 0.6) is 0 Å². The number of hydrogen-bond donors (Lipinski definition) is 3. The number of aromatic nitrogens is 1. The molecule has 0 fully saturated rings. The minimum absolute atomic E-state index is 0.222. The van der Waals surface area contributed by atoms with E-state index in [9.17, 15) is 19.8 Å². The fraction of sp³-hybridized carbons (Fsp3) is 0.500. The number of pyridine rings is 1. The van der Waals surface area contributed by atoms with Gasteiger partial charge in [0.15, 0.2) is 0 Å². The lowest BCUT2D eigenvalue weighted by Gasteiger charge is -2.18. The molecule has 6 nitrogen and oxygen atoms in total. The van der Waals surface area contributed by atoms with E-state index in [1.807, 2.05) is 0 Å². The van der Waals surface area contributed by atoms with Crippen molar-refractivity contribution in [3.63, 3.8) is 0 Å². The molecular weight excluding hydrogens is 238 g/mol. The van der Waals surface area contributed by atoms with Crippen LogP contribution in [0.15, 0.2) is 16.9 Å². The molecule has 2 unspecified atom stereocenters. The minimum atomic E-state index is -1.27. The number of carbonyl (C=O) groups is 1. The second-order valence-electron chi connectivity index (χ2n) is 3.92. The summed E-state index contributed by atoms with van der Waals surface area (Å²) in [7, 11) is 0. The molecule has 0 spiro atoms. The molecule has 0 saturated heterocycles. The van der Waals surface area contributed by atoms with Crippen molar-refractivity contribution < 1.29 is 19.7 Å². The van der Waals surface area contributed by atoms with Crippen molar-refractivity contribution in [3.05, 3.63) is 33.7 Å². The second-order valence-corrected chi connectivity index (χ2v) is 3.92. The van der Waals surface area contributed by atoms with Gasteiger partial charge in [-0.05, 0) is 19.9 Å². The van der Waals surface area contributed by atoms with Crippen LogP contribution in [-0.2, 0) is 9.53 Å². The van der Waals surface area contributed by atoms with E-state index in [2.05, 4.69) is 9.72 Å². The van der Waals surface area contributed by atoms with E-state index in [4.69, 9.17) is 0 Å². The maximum absolute atomic E-state index is 11.2. The molecule has 18 heavy (non-hydrogen) atoms. The maximum atomic E-state index is 11.2. The summed E-state index contributed by atoms with van der Waals surface area (Å²) in [5.41, 5.74) is 0.549. The monoisotopic (exact) mass is 255 g/mol. The summed E-state index contributed by atoms with van der Waals surface area (Å²) in [6.45, 7) is 3.49. The van der Waals surface area contributed by atoms with Crippen LogP contribution < -0.4 is 5.56 Å². The van der Waals surface area contributed by atoms with Crippen LogP contribution in [0, 0.1) is 6.92 Å². The van der Waals surface area contributed by atoms with Gasteiger partial charge in [-0.25, -0.2) is 0 Å². The Kier molecular flexibility index (Phi) is 5.06. The first-order chi connectivity index (χ1) is 8.45. The molecule has 0 saturated carbocycles. The Bertz CT molecular complexity index is 468. The van der Waals surface area contributed by atoms with Crippen LogP contribution in [0.2, 0.25) is 0 Å². The Morgan fingerprint density at radius 3 is 2.67 bits per heavy atom. The molecule has 0 bridgehead atoms. The summed E-state index contributed by atoms with van der Waals surface area (Å²) in [4.78, 5) is 24.7. The highest BCUT2D eigenvalue weighted by Crippen LogP contribution is 2.20. The quantitative estimate of drug-likeness (QED) is 0.645. The van der Waals surface area contributed by atoms with E-state index in [0.29, 0.717) is 11.3 Å². The Hall–Kier alpha value is -1.66. The number of esters is 1. The van der Waals surface area contributed by atoms with Gasteiger partial charge in [-0.3, -0.25) is 9.59 Å². The second kappa shape index (κ2) is 6.32. The molecular formula is C12H17NO5. The maximum Gasteiger partial charge on any atom is 0.308 e. The van der Waals surface area contributed by atoms with Crippen molar-refractivity contribution in [2.45, 2.75) is 32.5 Å². The SMILES string of the molecule is CCOC(=O)CC(O)C(O)c1ccc(=O)[nH]c1C. The Morgan fingerprint density at radius 1 is 1.44 bits per heavy atom. The van der Waals surface area contributed by atoms with Gasteiger partial charge in [0.05, 0.1) is 19.1 Å². The number of aliphatic hydroxyl groups excluding tert-OH is 2. The van der Waals surface area contributed by atoms with E-state index >= 15 is 0 Å². The van der Waals surface area contributed by atoms with Crippen molar-refractivity contribution in [2.75, 3.05) is 6.61 Å². The predicted octanol–water partition coefficient (Wildman–Crippen LogP) is 0.0308. The van der Waals surface area contributed by atoms with Crippen LogP contribution in [0.4, 0.5) is 0 Å².